The molecule has 0 unspecified atom stereocenters. The van der Waals surface area contributed by atoms with E-state index in [4.69, 9.17) is 13.9 Å². The average Bonchev–Trinajstić information content (AvgIpc) is 3.55. The van der Waals surface area contributed by atoms with Crippen molar-refractivity contribution in [3.63, 3.8) is 0 Å². The number of benzene rings is 1. The fraction of sp³-hybridized carbons (Fsp3) is 0.577. The number of carbonyl (C=O) groups is 2. The van der Waals surface area contributed by atoms with Crippen molar-refractivity contribution in [1.29, 1.82) is 0 Å². The van der Waals surface area contributed by atoms with Crippen molar-refractivity contribution in [2.75, 3.05) is 13.7 Å². The van der Waals surface area contributed by atoms with Gasteiger partial charge in [0, 0.05) is 18.9 Å². The van der Waals surface area contributed by atoms with Gasteiger partial charge in [-0.2, -0.15) is 0 Å². The molecule has 2 bridgehead atoms. The van der Waals surface area contributed by atoms with Crippen LogP contribution in [0, 0.1) is 5.92 Å². The highest BCUT2D eigenvalue weighted by Crippen LogP contribution is 2.50. The fourth-order valence-electron chi connectivity index (χ4n) is 5.23. The van der Waals surface area contributed by atoms with Crippen LogP contribution in [0.2, 0.25) is 0 Å². The third-order valence-corrected chi connectivity index (χ3v) is 7.53. The van der Waals surface area contributed by atoms with Gasteiger partial charge in [0.2, 0.25) is 10.6 Å². The van der Waals surface area contributed by atoms with Gasteiger partial charge in [-0.25, -0.2) is 4.98 Å². The lowest BCUT2D eigenvalue weighted by atomic mass is 9.75. The fourth-order valence-corrected chi connectivity index (χ4v) is 5.66. The van der Waals surface area contributed by atoms with Gasteiger partial charge in [-0.3, -0.25) is 9.59 Å². The molecule has 0 aliphatic carbocycles. The molecular weight excluding hydrogens is 500 g/mol. The molecular formula is C26H33BrN2O5. The number of aryl methyl sites for hydroxylation is 1. The lowest BCUT2D eigenvalue weighted by Gasteiger charge is -2.26. The van der Waals surface area contributed by atoms with Crippen LogP contribution in [0.1, 0.15) is 78.9 Å². The molecule has 7 nitrogen and oxygen atoms in total. The summed E-state index contributed by atoms with van der Waals surface area (Å²) in [4.78, 5) is 29.0. The molecule has 3 heterocycles. The second-order valence-electron chi connectivity index (χ2n) is 9.17. The molecule has 4 atom stereocenters. The zero-order valence-electron chi connectivity index (χ0n) is 19.8. The molecule has 2 aliphatic rings. The van der Waals surface area contributed by atoms with Gasteiger partial charge >= 0.3 is 5.97 Å². The Morgan fingerprint density at radius 3 is 2.71 bits per heavy atom. The number of unbranched alkanes of at least 4 members (excludes halogenated alkanes) is 2. The van der Waals surface area contributed by atoms with Gasteiger partial charge < -0.3 is 19.2 Å². The number of nitrogens with zero attached hydrogens (tertiary/aromatic N) is 1. The van der Waals surface area contributed by atoms with Crippen LogP contribution in [0.3, 0.4) is 0 Å². The number of aromatic nitrogens is 1. The normalized spacial score (nSPS) is 23.3. The first-order valence-electron chi connectivity index (χ1n) is 12.2. The van der Waals surface area contributed by atoms with E-state index in [1.165, 1.54) is 12.7 Å². The first-order valence-corrected chi connectivity index (χ1v) is 13.0. The Morgan fingerprint density at radius 1 is 1.18 bits per heavy atom. The summed E-state index contributed by atoms with van der Waals surface area (Å²) in [6, 6.07) is 8.23. The van der Waals surface area contributed by atoms with Crippen LogP contribution in [0.25, 0.3) is 0 Å². The van der Waals surface area contributed by atoms with Crippen molar-refractivity contribution < 1.29 is 23.5 Å². The third kappa shape index (κ3) is 5.54. The Morgan fingerprint density at radius 2 is 1.94 bits per heavy atom. The van der Waals surface area contributed by atoms with E-state index >= 15 is 0 Å². The standard InChI is InChI=1S/C26H33BrN2O5/c1-3-4-7-14-28-25(31)23-24(27)34-26(29-23)22-18(19-11-12-20(22)33-19)15-17-9-6-5-8-16(17)10-13-21(30)32-2/h5-6,8-9,18-20,22H,3-4,7,10-15H2,1-2H3,(H,28,31)/t18-,19-,20+,22-/m0/s1. The van der Waals surface area contributed by atoms with Crippen molar-refractivity contribution in [2.24, 2.45) is 5.92 Å². The molecule has 8 heteroatoms. The largest absolute Gasteiger partial charge is 0.469 e. The number of ether oxygens (including phenoxy) is 2. The molecule has 1 aromatic carbocycles. The molecule has 2 aliphatic heterocycles. The van der Waals surface area contributed by atoms with Crippen LogP contribution in [0.4, 0.5) is 0 Å². The number of carbonyl (C=O) groups excluding carboxylic acids is 2. The molecule has 34 heavy (non-hydrogen) atoms. The Hall–Kier alpha value is -2.19. The summed E-state index contributed by atoms with van der Waals surface area (Å²) in [6.07, 6.45) is 7.10. The van der Waals surface area contributed by atoms with Crippen LogP contribution in [0.15, 0.2) is 33.4 Å². The third-order valence-electron chi connectivity index (χ3n) is 6.99. The number of fused-ring (bicyclic) bond motifs is 2. The highest BCUT2D eigenvalue weighted by atomic mass is 79.9. The quantitative estimate of drug-likeness (QED) is 0.324. The monoisotopic (exact) mass is 532 g/mol. The van der Waals surface area contributed by atoms with E-state index in [2.05, 4.69) is 45.3 Å². The Labute approximate surface area is 209 Å². The van der Waals surface area contributed by atoms with Crippen LogP contribution in [-0.4, -0.2) is 42.7 Å². The zero-order valence-corrected chi connectivity index (χ0v) is 21.4. The summed E-state index contributed by atoms with van der Waals surface area (Å²) in [6.45, 7) is 2.76. The molecule has 2 saturated heterocycles. The van der Waals surface area contributed by atoms with Crippen LogP contribution in [0.5, 0.6) is 0 Å². The van der Waals surface area contributed by atoms with Gasteiger partial charge in [0.15, 0.2) is 5.69 Å². The predicted molar refractivity (Wildman–Crippen MR) is 131 cm³/mol. The first-order chi connectivity index (χ1) is 16.5. The van der Waals surface area contributed by atoms with Crippen LogP contribution < -0.4 is 5.32 Å². The number of esters is 1. The van der Waals surface area contributed by atoms with Gasteiger partial charge in [0.25, 0.3) is 5.91 Å². The Balaban J connectivity index is 1.50. The minimum atomic E-state index is -0.216. The molecule has 2 aromatic rings. The van der Waals surface area contributed by atoms with Gasteiger partial charge in [0.05, 0.1) is 25.2 Å². The first kappa shape index (κ1) is 24.9. The summed E-state index contributed by atoms with van der Waals surface area (Å²) in [5.41, 5.74) is 2.65. The number of nitrogens with one attached hydrogen (secondary N) is 1. The number of hydrogen-bond donors (Lipinski definition) is 1. The van der Waals surface area contributed by atoms with Crippen molar-refractivity contribution in [3.05, 3.63) is 51.6 Å². The molecule has 2 fully saturated rings. The molecule has 1 amide bonds. The lowest BCUT2D eigenvalue weighted by Crippen LogP contribution is -2.28. The Kier molecular flexibility index (Phi) is 8.42. The van der Waals surface area contributed by atoms with E-state index in [9.17, 15) is 9.59 Å². The van der Waals surface area contributed by atoms with Crippen molar-refractivity contribution in [3.8, 4) is 0 Å². The summed E-state index contributed by atoms with van der Waals surface area (Å²) in [5, 5.41) is 2.94. The van der Waals surface area contributed by atoms with Crippen LogP contribution >= 0.6 is 15.9 Å². The molecule has 0 saturated carbocycles. The summed E-state index contributed by atoms with van der Waals surface area (Å²) >= 11 is 3.41. The highest BCUT2D eigenvalue weighted by molar-refractivity contribution is 9.10. The highest BCUT2D eigenvalue weighted by Gasteiger charge is 2.51. The van der Waals surface area contributed by atoms with Gasteiger partial charge in [-0.1, -0.05) is 44.0 Å². The molecule has 0 radical (unpaired) electrons. The van der Waals surface area contributed by atoms with Gasteiger partial charge in [0.1, 0.15) is 0 Å². The maximum Gasteiger partial charge on any atom is 0.305 e. The Bertz CT molecular complexity index is 1010. The predicted octanol–water partition coefficient (Wildman–Crippen LogP) is 4.97. The second-order valence-corrected chi connectivity index (χ2v) is 9.89. The van der Waals surface area contributed by atoms with Crippen LogP contribution in [-0.2, 0) is 27.1 Å². The number of oxazole rings is 1. The van der Waals surface area contributed by atoms with E-state index in [0.717, 1.165) is 44.1 Å². The van der Waals surface area contributed by atoms with Crippen molar-refractivity contribution in [2.45, 2.75) is 76.4 Å². The molecule has 1 N–H and O–H groups in total. The summed E-state index contributed by atoms with van der Waals surface area (Å²) in [5.74, 6) is 0.331. The van der Waals surface area contributed by atoms with Crippen molar-refractivity contribution >= 4 is 27.8 Å². The summed E-state index contributed by atoms with van der Waals surface area (Å²) < 4.78 is 17.5. The average molecular weight is 533 g/mol. The summed E-state index contributed by atoms with van der Waals surface area (Å²) in [7, 11) is 1.42. The minimum absolute atomic E-state index is 0.00893. The number of hydrogen-bond acceptors (Lipinski definition) is 6. The second kappa shape index (κ2) is 11.5. The number of rotatable bonds is 11. The SMILES string of the molecule is CCCCCNC(=O)c1nc([C@H]2[C@@H](Cc3ccccc3CCC(=O)OC)[C@@H]3CC[C@H]2O3)oc1Br. The smallest absolute Gasteiger partial charge is 0.305 e. The van der Waals surface area contributed by atoms with Crippen molar-refractivity contribution in [1.82, 2.24) is 10.3 Å². The van der Waals surface area contributed by atoms with Gasteiger partial charge in [-0.15, -0.1) is 0 Å². The minimum Gasteiger partial charge on any atom is -0.469 e. The van der Waals surface area contributed by atoms with Gasteiger partial charge in [-0.05, 0) is 59.2 Å². The number of halogens is 1. The molecule has 1 aromatic heterocycles. The molecule has 4 rings (SSSR count). The molecule has 184 valence electrons. The zero-order chi connectivity index (χ0) is 24.1. The van der Waals surface area contributed by atoms with E-state index in [1.807, 2.05) is 12.1 Å². The molecule has 0 spiro atoms. The van der Waals surface area contributed by atoms with E-state index in [0.29, 0.717) is 35.6 Å². The lowest BCUT2D eigenvalue weighted by molar-refractivity contribution is -0.140. The van der Waals surface area contributed by atoms with E-state index in [-0.39, 0.29) is 35.9 Å². The maximum atomic E-state index is 12.7. The number of methoxy groups -OCH3 is 1. The number of amides is 1. The van der Waals surface area contributed by atoms with E-state index < -0.39 is 0 Å². The maximum absolute atomic E-state index is 12.7. The van der Waals surface area contributed by atoms with E-state index in [1.54, 1.807) is 0 Å². The topological polar surface area (TPSA) is 90.7 Å².